The fourth-order valence-electron chi connectivity index (χ4n) is 5.04. The zero-order valence-corrected chi connectivity index (χ0v) is 24.5. The van der Waals surface area contributed by atoms with Crippen molar-refractivity contribution in [2.24, 2.45) is 0 Å². The van der Waals surface area contributed by atoms with Crippen LogP contribution in [0.25, 0.3) is 5.69 Å². The highest BCUT2D eigenvalue weighted by molar-refractivity contribution is 9.10. The van der Waals surface area contributed by atoms with Crippen LogP contribution >= 0.6 is 39.7 Å². The van der Waals surface area contributed by atoms with E-state index in [9.17, 15) is 0 Å². The molecule has 0 amide bonds. The Morgan fingerprint density at radius 1 is 1.03 bits per heavy atom. The molecule has 1 fully saturated rings. The van der Waals surface area contributed by atoms with Crippen LogP contribution < -0.4 is 15.0 Å². The van der Waals surface area contributed by atoms with Crippen molar-refractivity contribution in [2.75, 3.05) is 25.2 Å². The van der Waals surface area contributed by atoms with Crippen LogP contribution in [0.15, 0.2) is 77.4 Å². The van der Waals surface area contributed by atoms with Crippen LogP contribution in [0, 0.1) is 13.8 Å². The smallest absolute Gasteiger partial charge is 0.174 e. The number of rotatable bonds is 8. The second-order valence-electron chi connectivity index (χ2n) is 9.09. The molecular weight excluding hydrogens is 584 g/mol. The number of pyridine rings is 1. The maximum atomic E-state index is 6.66. The van der Waals surface area contributed by atoms with E-state index in [1.54, 1.807) is 7.11 Å². The zero-order valence-electron chi connectivity index (χ0n) is 21.3. The zero-order chi connectivity index (χ0) is 26.8. The van der Waals surface area contributed by atoms with Gasteiger partial charge in [-0.2, -0.15) is 0 Å². The van der Waals surface area contributed by atoms with Gasteiger partial charge in [-0.25, -0.2) is 0 Å². The molecule has 0 radical (unpaired) electrons. The highest BCUT2D eigenvalue weighted by Gasteiger charge is 2.42. The van der Waals surface area contributed by atoms with Crippen molar-refractivity contribution in [1.82, 2.24) is 14.9 Å². The van der Waals surface area contributed by atoms with Gasteiger partial charge in [-0.15, -0.1) is 0 Å². The van der Waals surface area contributed by atoms with E-state index in [1.165, 1.54) is 0 Å². The summed E-state index contributed by atoms with van der Waals surface area (Å²) in [6.45, 7) is 5.18. The van der Waals surface area contributed by atoms with Gasteiger partial charge in [0.2, 0.25) is 0 Å². The maximum absolute atomic E-state index is 6.66. The monoisotopic (exact) mass is 610 g/mol. The van der Waals surface area contributed by atoms with E-state index in [4.69, 9.17) is 33.3 Å². The molecule has 0 spiro atoms. The first-order chi connectivity index (χ1) is 18.4. The highest BCUT2D eigenvalue weighted by Crippen LogP contribution is 2.45. The highest BCUT2D eigenvalue weighted by atomic mass is 79.9. The number of aromatic nitrogens is 2. The Morgan fingerprint density at radius 3 is 2.58 bits per heavy atom. The average Bonchev–Trinajstić information content (AvgIpc) is 3.40. The molecule has 1 N–H and O–H groups in total. The van der Waals surface area contributed by atoms with Gasteiger partial charge in [0.25, 0.3) is 0 Å². The van der Waals surface area contributed by atoms with E-state index in [0.717, 1.165) is 38.5 Å². The number of ether oxygens (including phenoxy) is 2. The molecule has 2 aromatic heterocycles. The van der Waals surface area contributed by atoms with Crippen LogP contribution in [0.3, 0.4) is 0 Å². The van der Waals surface area contributed by atoms with Gasteiger partial charge in [-0.3, -0.25) is 4.98 Å². The van der Waals surface area contributed by atoms with Crippen LogP contribution in [0.5, 0.6) is 5.75 Å². The number of halogens is 2. The number of hydrogen-bond acceptors (Lipinski definition) is 4. The third-order valence-corrected chi connectivity index (χ3v) is 7.80. The number of methoxy groups -OCH3 is 1. The normalized spacial score (nSPS) is 17.1. The molecule has 6 nitrogen and oxygen atoms in total. The second kappa shape index (κ2) is 11.5. The van der Waals surface area contributed by atoms with Crippen LogP contribution in [0.2, 0.25) is 5.02 Å². The van der Waals surface area contributed by atoms with Crippen molar-refractivity contribution in [1.29, 1.82) is 0 Å². The summed E-state index contributed by atoms with van der Waals surface area (Å²) in [6, 6.07) is 22.0. The predicted octanol–water partition coefficient (Wildman–Crippen LogP) is 7.11. The third-order valence-electron chi connectivity index (χ3n) is 6.69. The molecule has 38 heavy (non-hydrogen) atoms. The molecule has 0 aliphatic carbocycles. The quantitative estimate of drug-likeness (QED) is 0.169. The molecule has 5 rings (SSSR count). The molecule has 1 aliphatic rings. The number of thiocarbonyl (C=S) groups is 1. The van der Waals surface area contributed by atoms with Gasteiger partial charge in [0.15, 0.2) is 5.11 Å². The van der Waals surface area contributed by atoms with Gasteiger partial charge in [0.1, 0.15) is 12.4 Å². The lowest BCUT2D eigenvalue weighted by Gasteiger charge is -2.28. The Balaban J connectivity index is 1.61. The summed E-state index contributed by atoms with van der Waals surface area (Å²) in [5.41, 5.74) is 6.31. The topological polar surface area (TPSA) is 51.6 Å². The maximum Gasteiger partial charge on any atom is 0.174 e. The van der Waals surface area contributed by atoms with E-state index < -0.39 is 0 Å². The molecule has 9 heteroatoms. The van der Waals surface area contributed by atoms with Crippen molar-refractivity contribution in [3.63, 3.8) is 0 Å². The molecule has 0 bridgehead atoms. The Morgan fingerprint density at radius 2 is 1.87 bits per heavy atom. The van der Waals surface area contributed by atoms with Crippen LogP contribution in [-0.4, -0.2) is 35.0 Å². The molecule has 1 saturated heterocycles. The fraction of sp³-hybridized carbons (Fsp3) is 0.241. The molecule has 2 atom stereocenters. The molecular formula is C29H28BrClN4O2S. The van der Waals surface area contributed by atoms with E-state index in [2.05, 4.69) is 67.7 Å². The molecule has 0 unspecified atom stereocenters. The summed E-state index contributed by atoms with van der Waals surface area (Å²) in [6.07, 6.45) is 1.81. The van der Waals surface area contributed by atoms with Crippen molar-refractivity contribution in [2.45, 2.75) is 25.9 Å². The second-order valence-corrected chi connectivity index (χ2v) is 10.8. The number of hydrogen-bond donors (Lipinski definition) is 1. The van der Waals surface area contributed by atoms with E-state index in [-0.39, 0.29) is 12.1 Å². The number of aryl methyl sites for hydroxylation is 1. The Bertz CT molecular complexity index is 1460. The molecule has 3 heterocycles. The number of anilines is 1. The minimum Gasteiger partial charge on any atom is -0.490 e. The summed E-state index contributed by atoms with van der Waals surface area (Å²) in [5, 5.41) is 4.66. The van der Waals surface area contributed by atoms with Gasteiger partial charge in [0, 0.05) is 40.5 Å². The van der Waals surface area contributed by atoms with Crippen molar-refractivity contribution in [3.05, 3.63) is 105 Å². The lowest BCUT2D eigenvalue weighted by Crippen LogP contribution is -2.29. The van der Waals surface area contributed by atoms with Crippen molar-refractivity contribution < 1.29 is 9.47 Å². The van der Waals surface area contributed by atoms with Gasteiger partial charge >= 0.3 is 0 Å². The van der Waals surface area contributed by atoms with Gasteiger partial charge < -0.3 is 24.3 Å². The van der Waals surface area contributed by atoms with Crippen LogP contribution in [0.4, 0.5) is 5.69 Å². The Kier molecular flexibility index (Phi) is 8.04. The molecule has 2 aromatic carbocycles. The minimum atomic E-state index is -0.156. The predicted molar refractivity (Wildman–Crippen MR) is 160 cm³/mol. The summed E-state index contributed by atoms with van der Waals surface area (Å²) in [5.74, 6) is 0.608. The van der Waals surface area contributed by atoms with Crippen LogP contribution in [-0.2, 0) is 4.74 Å². The molecule has 4 aromatic rings. The standard InChI is InChI=1S/C29H28BrClN4O2S/c1-18-15-23(19(2)34(18)21-8-6-7-20(30)16-21)28-27(25-9-4-5-12-32-25)33-29(38)35(28)22-10-11-26(24(31)17-22)37-14-13-36-3/h4-12,15-17,27-28H,13-14H2,1-3H3,(H,33,38)/t27-,28+/m1/s1. The molecule has 196 valence electrons. The van der Waals surface area contributed by atoms with Crippen LogP contribution in [0.1, 0.15) is 34.7 Å². The number of benzene rings is 2. The van der Waals surface area contributed by atoms with E-state index in [1.807, 2.05) is 54.7 Å². The third kappa shape index (κ3) is 5.18. The largest absolute Gasteiger partial charge is 0.490 e. The van der Waals surface area contributed by atoms with Crippen molar-refractivity contribution >= 4 is 50.5 Å². The Hall–Kier alpha value is -2.91. The first-order valence-electron chi connectivity index (χ1n) is 12.3. The molecule has 0 saturated carbocycles. The minimum absolute atomic E-state index is 0.152. The van der Waals surface area contributed by atoms with Crippen molar-refractivity contribution in [3.8, 4) is 11.4 Å². The number of nitrogens with zero attached hydrogens (tertiary/aromatic N) is 3. The first-order valence-corrected chi connectivity index (χ1v) is 13.8. The van der Waals surface area contributed by atoms with E-state index >= 15 is 0 Å². The summed E-state index contributed by atoms with van der Waals surface area (Å²) in [7, 11) is 1.64. The molecule has 1 aliphatic heterocycles. The van der Waals surface area contributed by atoms with Gasteiger partial charge in [0.05, 0.1) is 29.4 Å². The number of nitrogens with one attached hydrogen (secondary N) is 1. The summed E-state index contributed by atoms with van der Waals surface area (Å²) >= 11 is 16.2. The van der Waals surface area contributed by atoms with Gasteiger partial charge in [-0.05, 0) is 86.2 Å². The lowest BCUT2D eigenvalue weighted by atomic mass is 9.96. The SMILES string of the molecule is COCCOc1ccc(N2C(=S)N[C@H](c3ccccn3)[C@@H]2c2cc(C)n(-c3cccc(Br)c3)c2C)cc1Cl. The fourth-order valence-corrected chi connectivity index (χ4v) is 6.00. The van der Waals surface area contributed by atoms with Gasteiger partial charge in [-0.1, -0.05) is 39.7 Å². The lowest BCUT2D eigenvalue weighted by molar-refractivity contribution is 0.146. The Labute approximate surface area is 241 Å². The first kappa shape index (κ1) is 26.7. The summed E-state index contributed by atoms with van der Waals surface area (Å²) in [4.78, 5) is 6.81. The average molecular weight is 612 g/mol. The van der Waals surface area contributed by atoms with E-state index in [0.29, 0.717) is 29.1 Å². The summed E-state index contributed by atoms with van der Waals surface area (Å²) < 4.78 is 14.2.